The molecule has 1 aliphatic rings. The van der Waals surface area contributed by atoms with E-state index in [1.165, 1.54) is 6.07 Å². The Labute approximate surface area is 127 Å². The van der Waals surface area contributed by atoms with Gasteiger partial charge in [0, 0.05) is 24.2 Å². The third kappa shape index (κ3) is 3.58. The van der Waals surface area contributed by atoms with Crippen LogP contribution in [0.5, 0.6) is 0 Å². The number of amides is 1. The minimum Gasteiger partial charge on any atom is -0.376 e. The first-order valence-electron chi connectivity index (χ1n) is 6.98. The van der Waals surface area contributed by atoms with Crippen molar-refractivity contribution in [2.75, 3.05) is 19.7 Å². The Hall–Kier alpha value is -0.940. The van der Waals surface area contributed by atoms with Crippen molar-refractivity contribution in [2.45, 2.75) is 32.3 Å². The normalized spacial score (nSPS) is 19.1. The molecule has 1 aromatic carbocycles. The van der Waals surface area contributed by atoms with Gasteiger partial charge in [-0.05, 0) is 47.3 Å². The number of benzene rings is 1. The van der Waals surface area contributed by atoms with Crippen LogP contribution in [-0.2, 0) is 4.74 Å². The number of piperidine rings is 1. The average Bonchev–Trinajstić information content (AvgIpc) is 2.45. The van der Waals surface area contributed by atoms with Crippen molar-refractivity contribution in [1.82, 2.24) is 4.90 Å². The summed E-state index contributed by atoms with van der Waals surface area (Å²) in [5.41, 5.74) is 0.114. The molecule has 0 N–H and O–H groups in total. The van der Waals surface area contributed by atoms with Gasteiger partial charge in [-0.3, -0.25) is 4.79 Å². The lowest BCUT2D eigenvalue weighted by atomic mass is 10.1. The number of hydrogen-bond acceptors (Lipinski definition) is 2. The Balaban J connectivity index is 2.08. The highest BCUT2D eigenvalue weighted by Gasteiger charge is 2.27. The summed E-state index contributed by atoms with van der Waals surface area (Å²) in [6, 6.07) is 4.58. The van der Waals surface area contributed by atoms with Crippen LogP contribution in [0.1, 0.15) is 36.5 Å². The van der Waals surface area contributed by atoms with Crippen molar-refractivity contribution in [3.8, 4) is 0 Å². The SMILES string of the molecule is CCCOC1CCCN(C(=O)c2c(F)cccc2Br)C1. The third-order valence-corrected chi connectivity index (χ3v) is 4.06. The van der Waals surface area contributed by atoms with Gasteiger partial charge in [-0.2, -0.15) is 0 Å². The summed E-state index contributed by atoms with van der Waals surface area (Å²) in [5, 5.41) is 0. The molecule has 1 heterocycles. The molecule has 110 valence electrons. The average molecular weight is 344 g/mol. The molecule has 0 aromatic heterocycles. The van der Waals surface area contributed by atoms with E-state index in [0.717, 1.165) is 19.3 Å². The second-order valence-corrected chi connectivity index (χ2v) is 5.84. The molecule has 1 aromatic rings. The summed E-state index contributed by atoms with van der Waals surface area (Å²) in [6.07, 6.45) is 2.88. The van der Waals surface area contributed by atoms with Gasteiger partial charge in [0.1, 0.15) is 5.82 Å². The summed E-state index contributed by atoms with van der Waals surface area (Å²) < 4.78 is 20.1. The number of likely N-dealkylation sites (tertiary alicyclic amines) is 1. The largest absolute Gasteiger partial charge is 0.376 e. The molecule has 2 rings (SSSR count). The van der Waals surface area contributed by atoms with Crippen LogP contribution in [-0.4, -0.2) is 36.6 Å². The van der Waals surface area contributed by atoms with Gasteiger partial charge in [-0.25, -0.2) is 4.39 Å². The van der Waals surface area contributed by atoms with Crippen molar-refractivity contribution in [3.05, 3.63) is 34.1 Å². The van der Waals surface area contributed by atoms with Crippen LogP contribution in [0.3, 0.4) is 0 Å². The van der Waals surface area contributed by atoms with Gasteiger partial charge in [0.25, 0.3) is 5.91 Å². The lowest BCUT2D eigenvalue weighted by molar-refractivity contribution is 0.00193. The van der Waals surface area contributed by atoms with Crippen LogP contribution in [0.4, 0.5) is 4.39 Å². The van der Waals surface area contributed by atoms with E-state index in [1.807, 2.05) is 0 Å². The molecule has 0 saturated carbocycles. The summed E-state index contributed by atoms with van der Waals surface area (Å²) in [7, 11) is 0. The van der Waals surface area contributed by atoms with E-state index in [4.69, 9.17) is 4.74 Å². The predicted octanol–water partition coefficient (Wildman–Crippen LogP) is 3.62. The smallest absolute Gasteiger partial charge is 0.258 e. The molecule has 1 unspecified atom stereocenters. The zero-order chi connectivity index (χ0) is 14.5. The second-order valence-electron chi connectivity index (χ2n) is 4.98. The van der Waals surface area contributed by atoms with E-state index in [9.17, 15) is 9.18 Å². The highest BCUT2D eigenvalue weighted by Crippen LogP contribution is 2.23. The maximum atomic E-state index is 13.8. The molecule has 0 bridgehead atoms. The van der Waals surface area contributed by atoms with Gasteiger partial charge in [0.2, 0.25) is 0 Å². The maximum absolute atomic E-state index is 13.8. The van der Waals surface area contributed by atoms with Crippen molar-refractivity contribution in [1.29, 1.82) is 0 Å². The first-order chi connectivity index (χ1) is 9.63. The highest BCUT2D eigenvalue weighted by molar-refractivity contribution is 9.10. The second kappa shape index (κ2) is 7.18. The predicted molar refractivity (Wildman–Crippen MR) is 79.3 cm³/mol. The number of ether oxygens (including phenoxy) is 1. The fraction of sp³-hybridized carbons (Fsp3) is 0.533. The van der Waals surface area contributed by atoms with E-state index in [-0.39, 0.29) is 17.6 Å². The van der Waals surface area contributed by atoms with E-state index in [1.54, 1.807) is 17.0 Å². The van der Waals surface area contributed by atoms with Gasteiger partial charge >= 0.3 is 0 Å². The van der Waals surface area contributed by atoms with Crippen molar-refractivity contribution in [2.24, 2.45) is 0 Å². The number of nitrogens with zero attached hydrogens (tertiary/aromatic N) is 1. The Morgan fingerprint density at radius 2 is 2.35 bits per heavy atom. The third-order valence-electron chi connectivity index (χ3n) is 3.40. The Kier molecular flexibility index (Phi) is 5.54. The fourth-order valence-electron chi connectivity index (χ4n) is 2.40. The van der Waals surface area contributed by atoms with Crippen LogP contribution >= 0.6 is 15.9 Å². The summed E-state index contributed by atoms with van der Waals surface area (Å²) in [6.45, 7) is 3.96. The highest BCUT2D eigenvalue weighted by atomic mass is 79.9. The van der Waals surface area contributed by atoms with Gasteiger partial charge in [0.15, 0.2) is 0 Å². The Bertz CT molecular complexity index is 461. The van der Waals surface area contributed by atoms with Gasteiger partial charge in [-0.15, -0.1) is 0 Å². The first kappa shape index (κ1) is 15.4. The number of hydrogen-bond donors (Lipinski definition) is 0. The van der Waals surface area contributed by atoms with Crippen LogP contribution in [0.2, 0.25) is 0 Å². The molecule has 5 heteroatoms. The molecular weight excluding hydrogens is 325 g/mol. The molecule has 1 fully saturated rings. The van der Waals surface area contributed by atoms with Crippen LogP contribution < -0.4 is 0 Å². The van der Waals surface area contributed by atoms with E-state index >= 15 is 0 Å². The zero-order valence-corrected chi connectivity index (χ0v) is 13.2. The molecule has 3 nitrogen and oxygen atoms in total. The maximum Gasteiger partial charge on any atom is 0.258 e. The summed E-state index contributed by atoms with van der Waals surface area (Å²) in [4.78, 5) is 14.1. The number of carbonyl (C=O) groups excluding carboxylic acids is 1. The van der Waals surface area contributed by atoms with Gasteiger partial charge in [0.05, 0.1) is 11.7 Å². The zero-order valence-electron chi connectivity index (χ0n) is 11.6. The van der Waals surface area contributed by atoms with Crippen LogP contribution in [0.25, 0.3) is 0 Å². The molecule has 0 spiro atoms. The summed E-state index contributed by atoms with van der Waals surface area (Å²) >= 11 is 3.25. The molecule has 1 amide bonds. The van der Waals surface area contributed by atoms with E-state index in [2.05, 4.69) is 22.9 Å². The molecule has 1 aliphatic heterocycles. The lowest BCUT2D eigenvalue weighted by Crippen LogP contribution is -2.43. The summed E-state index contributed by atoms with van der Waals surface area (Å²) in [5.74, 6) is -0.749. The number of halogens is 2. The Morgan fingerprint density at radius 1 is 1.55 bits per heavy atom. The molecule has 1 atom stereocenters. The standard InChI is InChI=1S/C15H19BrFNO2/c1-2-9-20-11-5-4-8-18(10-11)15(19)14-12(16)6-3-7-13(14)17/h3,6-7,11H,2,4-5,8-10H2,1H3. The number of rotatable bonds is 4. The molecule has 20 heavy (non-hydrogen) atoms. The number of carbonyl (C=O) groups is 1. The van der Waals surface area contributed by atoms with Crippen molar-refractivity contribution >= 4 is 21.8 Å². The van der Waals surface area contributed by atoms with E-state index < -0.39 is 5.82 Å². The van der Waals surface area contributed by atoms with Crippen LogP contribution in [0.15, 0.2) is 22.7 Å². The first-order valence-corrected chi connectivity index (χ1v) is 7.77. The van der Waals surface area contributed by atoms with Crippen molar-refractivity contribution in [3.63, 3.8) is 0 Å². The minimum absolute atomic E-state index is 0.0678. The Morgan fingerprint density at radius 3 is 3.05 bits per heavy atom. The molecule has 0 aliphatic carbocycles. The molecular formula is C15H19BrFNO2. The van der Waals surface area contributed by atoms with Gasteiger partial charge < -0.3 is 9.64 Å². The monoisotopic (exact) mass is 343 g/mol. The van der Waals surface area contributed by atoms with Crippen molar-refractivity contribution < 1.29 is 13.9 Å². The quantitative estimate of drug-likeness (QED) is 0.835. The minimum atomic E-state index is -0.485. The van der Waals surface area contributed by atoms with Crippen LogP contribution in [0, 0.1) is 5.82 Å². The van der Waals surface area contributed by atoms with Gasteiger partial charge in [-0.1, -0.05) is 13.0 Å². The molecule has 1 saturated heterocycles. The fourth-order valence-corrected chi connectivity index (χ4v) is 2.92. The van der Waals surface area contributed by atoms with E-state index in [0.29, 0.717) is 24.2 Å². The lowest BCUT2D eigenvalue weighted by Gasteiger charge is -2.33. The molecule has 0 radical (unpaired) electrons. The topological polar surface area (TPSA) is 29.5 Å².